The highest BCUT2D eigenvalue weighted by molar-refractivity contribution is 7.88. The molecule has 0 saturated carbocycles. The number of nitrogens with zero attached hydrogens (tertiary/aromatic N) is 4. The van der Waals surface area contributed by atoms with Crippen LogP contribution in [0, 0.1) is 5.92 Å². The predicted octanol–water partition coefficient (Wildman–Crippen LogP) is -0.996. The Kier molecular flexibility index (Phi) is 6.17. The van der Waals surface area contributed by atoms with Gasteiger partial charge < -0.3 is 10.2 Å². The Hall–Kier alpha value is -1.94. The number of sulfonamides is 1. The van der Waals surface area contributed by atoms with E-state index in [0.717, 1.165) is 35.8 Å². The fourth-order valence-corrected chi connectivity index (χ4v) is 3.06. The quantitative estimate of drug-likeness (QED) is 0.660. The summed E-state index contributed by atoms with van der Waals surface area (Å²) in [4.78, 5) is 25.6. The van der Waals surface area contributed by atoms with Gasteiger partial charge in [-0.05, 0) is 12.3 Å². The first-order valence-corrected chi connectivity index (χ1v) is 9.98. The summed E-state index contributed by atoms with van der Waals surface area (Å²) >= 11 is 0. The molecule has 1 fully saturated rings. The third kappa shape index (κ3) is 5.53. The summed E-state index contributed by atoms with van der Waals surface area (Å²) in [6.07, 6.45) is 3.84. The number of rotatable bonds is 7. The Labute approximate surface area is 147 Å². The van der Waals surface area contributed by atoms with E-state index < -0.39 is 10.0 Å². The molecule has 10 heteroatoms. The number of hydrogen-bond donors (Lipinski definition) is 1. The molecule has 1 aliphatic rings. The molecule has 1 atom stereocenters. The van der Waals surface area contributed by atoms with Gasteiger partial charge in [-0.1, -0.05) is 0 Å². The van der Waals surface area contributed by atoms with Crippen molar-refractivity contribution >= 4 is 21.6 Å². The van der Waals surface area contributed by atoms with Crippen LogP contribution in [-0.4, -0.2) is 67.9 Å². The molecule has 0 bridgehead atoms. The number of aromatic nitrogens is 2. The zero-order valence-corrected chi connectivity index (χ0v) is 15.6. The first kappa shape index (κ1) is 19.4. The Morgan fingerprint density at radius 2 is 2.20 bits per heavy atom. The van der Waals surface area contributed by atoms with Crippen LogP contribution < -0.4 is 15.8 Å². The zero-order chi connectivity index (χ0) is 18.6. The summed E-state index contributed by atoms with van der Waals surface area (Å²) < 4.78 is 25.0. The normalized spacial score (nSPS) is 17.9. The smallest absolute Gasteiger partial charge is 0.268 e. The number of carbonyl (C=O) groups is 1. The van der Waals surface area contributed by atoms with Crippen LogP contribution >= 0.6 is 0 Å². The minimum Gasteiger partial charge on any atom is -0.370 e. The molecule has 1 saturated heterocycles. The van der Waals surface area contributed by atoms with Crippen molar-refractivity contribution < 1.29 is 13.2 Å². The first-order valence-electron chi connectivity index (χ1n) is 8.13. The lowest BCUT2D eigenvalue weighted by atomic mass is 10.1. The van der Waals surface area contributed by atoms with Crippen molar-refractivity contribution in [2.45, 2.75) is 12.8 Å². The van der Waals surface area contributed by atoms with E-state index in [1.54, 1.807) is 19.3 Å². The zero-order valence-electron chi connectivity index (χ0n) is 14.8. The molecule has 0 radical (unpaired) electrons. The van der Waals surface area contributed by atoms with Crippen LogP contribution in [0.2, 0.25) is 0 Å². The molecule has 25 heavy (non-hydrogen) atoms. The maximum Gasteiger partial charge on any atom is 0.268 e. The van der Waals surface area contributed by atoms with Crippen molar-refractivity contribution in [3.05, 3.63) is 22.6 Å². The van der Waals surface area contributed by atoms with Gasteiger partial charge in [0.2, 0.25) is 15.9 Å². The van der Waals surface area contributed by atoms with E-state index >= 15 is 0 Å². The van der Waals surface area contributed by atoms with Gasteiger partial charge in [0.15, 0.2) is 0 Å². The second-order valence-corrected chi connectivity index (χ2v) is 8.50. The molecule has 2 heterocycles. The number of carbonyl (C=O) groups excluding carboxylic acids is 1. The number of hydrogen-bond acceptors (Lipinski definition) is 6. The van der Waals surface area contributed by atoms with Crippen molar-refractivity contribution in [1.29, 1.82) is 0 Å². The molecular weight excluding hydrogens is 346 g/mol. The molecule has 9 nitrogen and oxygen atoms in total. The SMILES string of the molecule is CN(CCC(=O)NC[C@H]1CCN(c2cnn(C)c(=O)c2)C1)S(C)(=O)=O. The monoisotopic (exact) mass is 371 g/mol. The summed E-state index contributed by atoms with van der Waals surface area (Å²) in [5, 5.41) is 6.88. The van der Waals surface area contributed by atoms with Crippen molar-refractivity contribution in [2.75, 3.05) is 44.4 Å². The third-order valence-electron chi connectivity index (χ3n) is 4.41. The van der Waals surface area contributed by atoms with Gasteiger partial charge in [-0.2, -0.15) is 5.10 Å². The average Bonchev–Trinajstić information content (AvgIpc) is 3.01. The second-order valence-electron chi connectivity index (χ2n) is 6.41. The highest BCUT2D eigenvalue weighted by atomic mass is 32.2. The molecule has 1 aliphatic heterocycles. The lowest BCUT2D eigenvalue weighted by Gasteiger charge is -2.18. The van der Waals surface area contributed by atoms with Crippen LogP contribution in [0.25, 0.3) is 0 Å². The molecule has 0 spiro atoms. The van der Waals surface area contributed by atoms with Gasteiger partial charge in [0, 0.05) is 52.8 Å². The van der Waals surface area contributed by atoms with E-state index in [9.17, 15) is 18.0 Å². The largest absolute Gasteiger partial charge is 0.370 e. The lowest BCUT2D eigenvalue weighted by molar-refractivity contribution is -0.121. The Morgan fingerprint density at radius 3 is 2.84 bits per heavy atom. The van der Waals surface area contributed by atoms with Crippen molar-refractivity contribution in [3.8, 4) is 0 Å². The van der Waals surface area contributed by atoms with Gasteiger partial charge in [-0.15, -0.1) is 0 Å². The third-order valence-corrected chi connectivity index (χ3v) is 5.73. The Morgan fingerprint density at radius 1 is 1.48 bits per heavy atom. The van der Waals surface area contributed by atoms with E-state index in [-0.39, 0.29) is 24.4 Å². The fraction of sp³-hybridized carbons (Fsp3) is 0.667. The summed E-state index contributed by atoms with van der Waals surface area (Å²) in [5.74, 6) is 0.129. The number of anilines is 1. The summed E-state index contributed by atoms with van der Waals surface area (Å²) in [6.45, 7) is 2.27. The van der Waals surface area contributed by atoms with E-state index in [2.05, 4.69) is 15.3 Å². The van der Waals surface area contributed by atoms with E-state index in [1.807, 2.05) is 0 Å². The van der Waals surface area contributed by atoms with E-state index in [4.69, 9.17) is 0 Å². The maximum atomic E-state index is 11.9. The van der Waals surface area contributed by atoms with Crippen molar-refractivity contribution in [3.63, 3.8) is 0 Å². The minimum atomic E-state index is -3.26. The van der Waals surface area contributed by atoms with Crippen LogP contribution in [0.15, 0.2) is 17.1 Å². The van der Waals surface area contributed by atoms with Crippen LogP contribution in [0.1, 0.15) is 12.8 Å². The number of nitrogens with one attached hydrogen (secondary N) is 1. The predicted molar refractivity (Wildman–Crippen MR) is 94.9 cm³/mol. The van der Waals surface area contributed by atoms with Crippen LogP contribution in [0.5, 0.6) is 0 Å². The molecule has 0 aromatic carbocycles. The van der Waals surface area contributed by atoms with E-state index in [1.165, 1.54) is 11.7 Å². The maximum absolute atomic E-state index is 11.9. The number of amides is 1. The molecular formula is C15H25N5O4S. The van der Waals surface area contributed by atoms with Crippen LogP contribution in [-0.2, 0) is 21.9 Å². The highest BCUT2D eigenvalue weighted by Gasteiger charge is 2.24. The topological polar surface area (TPSA) is 105 Å². The van der Waals surface area contributed by atoms with Crippen molar-refractivity contribution in [2.24, 2.45) is 13.0 Å². The molecule has 1 N–H and O–H groups in total. The van der Waals surface area contributed by atoms with Gasteiger partial charge >= 0.3 is 0 Å². The molecule has 0 aliphatic carbocycles. The summed E-state index contributed by atoms with van der Waals surface area (Å²) in [6, 6.07) is 1.56. The molecule has 0 unspecified atom stereocenters. The Bertz CT molecular complexity index is 776. The van der Waals surface area contributed by atoms with Gasteiger partial charge in [0.25, 0.3) is 5.56 Å². The number of aryl methyl sites for hydroxylation is 1. The van der Waals surface area contributed by atoms with Crippen LogP contribution in [0.3, 0.4) is 0 Å². The first-order chi connectivity index (χ1) is 11.7. The standard InChI is InChI=1S/C15H25N5O4S/c1-18(25(3,23)24)6-5-14(21)16-9-12-4-7-20(11-12)13-8-15(22)19(2)17-10-13/h8,10,12H,4-7,9,11H2,1-3H3,(H,16,21)/t12-/m1/s1. The highest BCUT2D eigenvalue weighted by Crippen LogP contribution is 2.21. The Balaban J connectivity index is 1.76. The minimum absolute atomic E-state index is 0.138. The van der Waals surface area contributed by atoms with Gasteiger partial charge in [0.1, 0.15) is 0 Å². The molecule has 2 rings (SSSR count). The second kappa shape index (κ2) is 7.96. The molecule has 1 amide bonds. The summed E-state index contributed by atoms with van der Waals surface area (Å²) in [5.41, 5.74) is 0.649. The molecule has 1 aromatic rings. The summed E-state index contributed by atoms with van der Waals surface area (Å²) in [7, 11) is -0.199. The fourth-order valence-electron chi connectivity index (χ4n) is 2.64. The molecule has 140 valence electrons. The van der Waals surface area contributed by atoms with Gasteiger partial charge in [-0.3, -0.25) is 9.59 Å². The van der Waals surface area contributed by atoms with Gasteiger partial charge in [-0.25, -0.2) is 17.4 Å². The average molecular weight is 371 g/mol. The molecule has 1 aromatic heterocycles. The van der Waals surface area contributed by atoms with E-state index in [0.29, 0.717) is 12.5 Å². The van der Waals surface area contributed by atoms with Gasteiger partial charge in [0.05, 0.1) is 18.1 Å². The lowest BCUT2D eigenvalue weighted by Crippen LogP contribution is -2.34. The van der Waals surface area contributed by atoms with Crippen LogP contribution in [0.4, 0.5) is 5.69 Å². The van der Waals surface area contributed by atoms with Crippen molar-refractivity contribution in [1.82, 2.24) is 19.4 Å².